The summed E-state index contributed by atoms with van der Waals surface area (Å²) in [6, 6.07) is 8.54. The Morgan fingerprint density at radius 2 is 1.50 bits per heavy atom. The molecule has 0 saturated carbocycles. The summed E-state index contributed by atoms with van der Waals surface area (Å²) in [5.74, 6) is 0. The fourth-order valence-electron chi connectivity index (χ4n) is 2.64. The zero-order valence-electron chi connectivity index (χ0n) is 14.6. The van der Waals surface area contributed by atoms with Crippen molar-refractivity contribution in [3.05, 3.63) is 70.8 Å². The molecule has 0 aliphatic heterocycles. The van der Waals surface area contributed by atoms with Gasteiger partial charge in [0, 0.05) is 12.1 Å². The van der Waals surface area contributed by atoms with Crippen LogP contribution in [0.4, 0.5) is 26.3 Å². The molecule has 0 amide bonds. The summed E-state index contributed by atoms with van der Waals surface area (Å²) in [4.78, 5) is 3.61. The maximum Gasteiger partial charge on any atom is 0.421 e. The van der Waals surface area contributed by atoms with Gasteiger partial charge in [0.2, 0.25) is 0 Å². The lowest BCUT2D eigenvalue weighted by Crippen LogP contribution is -2.44. The molecule has 0 aliphatic carbocycles. The average Bonchev–Trinajstić information content (AvgIpc) is 2.60. The molecule has 0 radical (unpaired) electrons. The molecule has 28 heavy (non-hydrogen) atoms. The Balaban J connectivity index is 2.56. The van der Waals surface area contributed by atoms with Crippen molar-refractivity contribution < 1.29 is 36.6 Å². The lowest BCUT2D eigenvalue weighted by atomic mass is 9.85. The number of aliphatic hydroxyl groups is 2. The minimum Gasteiger partial charge on any atom is -0.376 e. The second-order valence-electron chi connectivity index (χ2n) is 6.23. The fourth-order valence-corrected chi connectivity index (χ4v) is 2.64. The summed E-state index contributed by atoms with van der Waals surface area (Å²) in [5.41, 5.74) is -5.19. The molecule has 2 N–H and O–H groups in total. The molecule has 0 aromatic heterocycles. The predicted octanol–water partition coefficient (Wildman–Crippen LogP) is 4.59. The Labute approximate surface area is 157 Å². The highest BCUT2D eigenvalue weighted by molar-refractivity contribution is 6.01. The number of hydrogen-bond donors (Lipinski definition) is 2. The van der Waals surface area contributed by atoms with Gasteiger partial charge in [-0.3, -0.25) is 4.99 Å². The van der Waals surface area contributed by atoms with Crippen molar-refractivity contribution in [2.75, 3.05) is 6.73 Å². The van der Waals surface area contributed by atoms with E-state index in [4.69, 9.17) is 5.11 Å². The van der Waals surface area contributed by atoms with Crippen molar-refractivity contribution >= 4 is 5.71 Å². The zero-order chi connectivity index (χ0) is 21.2. The Morgan fingerprint density at radius 3 is 2.00 bits per heavy atom. The third kappa shape index (κ3) is 4.71. The number of hydrogen-bond acceptors (Lipinski definition) is 3. The van der Waals surface area contributed by atoms with Gasteiger partial charge in [0.25, 0.3) is 0 Å². The number of rotatable bonds is 5. The molecular weight excluding hydrogens is 388 g/mol. The van der Waals surface area contributed by atoms with Crippen molar-refractivity contribution in [2.45, 2.75) is 31.3 Å². The molecule has 2 aromatic carbocycles. The van der Waals surface area contributed by atoms with Crippen LogP contribution in [0, 0.1) is 6.92 Å². The number of aliphatic imine (C=N–C) groups is 1. The second-order valence-corrected chi connectivity index (χ2v) is 6.23. The van der Waals surface area contributed by atoms with E-state index >= 15 is 0 Å². The standard InChI is InChI=1S/C19H17F6NO2/c1-12-5-7-13(8-6-12)16(26-11-27)10-17(28,19(23,24)25)14-3-2-4-15(9-14)18(20,21)22/h2-9,27-28H,10-11H2,1H3. The summed E-state index contributed by atoms with van der Waals surface area (Å²) >= 11 is 0. The van der Waals surface area contributed by atoms with Crippen LogP contribution < -0.4 is 0 Å². The molecule has 2 rings (SSSR count). The van der Waals surface area contributed by atoms with Crippen molar-refractivity contribution in [1.29, 1.82) is 0 Å². The van der Waals surface area contributed by atoms with Crippen molar-refractivity contribution in [2.24, 2.45) is 4.99 Å². The van der Waals surface area contributed by atoms with E-state index in [0.29, 0.717) is 6.07 Å². The molecule has 1 atom stereocenters. The summed E-state index contributed by atoms with van der Waals surface area (Å²) in [6.07, 6.45) is -11.3. The first kappa shape index (κ1) is 21.9. The van der Waals surface area contributed by atoms with Gasteiger partial charge < -0.3 is 10.2 Å². The fraction of sp³-hybridized carbons (Fsp3) is 0.316. The normalized spacial score (nSPS) is 15.4. The molecule has 0 fully saturated rings. The summed E-state index contributed by atoms with van der Waals surface area (Å²) in [7, 11) is 0. The molecule has 0 saturated heterocycles. The van der Waals surface area contributed by atoms with E-state index in [1.165, 1.54) is 12.1 Å². The molecule has 1 unspecified atom stereocenters. The first-order valence-corrected chi connectivity index (χ1v) is 8.06. The molecule has 0 bridgehead atoms. The van der Waals surface area contributed by atoms with Crippen molar-refractivity contribution in [3.8, 4) is 0 Å². The van der Waals surface area contributed by atoms with Crippen LogP contribution in [0.2, 0.25) is 0 Å². The van der Waals surface area contributed by atoms with Crippen LogP contribution >= 0.6 is 0 Å². The summed E-state index contributed by atoms with van der Waals surface area (Å²) < 4.78 is 80.0. The predicted molar refractivity (Wildman–Crippen MR) is 90.8 cm³/mol. The maximum atomic E-state index is 13.8. The molecule has 152 valence electrons. The van der Waals surface area contributed by atoms with Crippen molar-refractivity contribution in [3.63, 3.8) is 0 Å². The average molecular weight is 405 g/mol. The number of aryl methyl sites for hydroxylation is 1. The van der Waals surface area contributed by atoms with Gasteiger partial charge in [-0.2, -0.15) is 26.3 Å². The first-order valence-electron chi connectivity index (χ1n) is 8.06. The number of aliphatic hydroxyl groups excluding tert-OH is 1. The van der Waals surface area contributed by atoms with Crippen LogP contribution in [-0.2, 0) is 11.8 Å². The van der Waals surface area contributed by atoms with Gasteiger partial charge in [0.1, 0.15) is 6.73 Å². The van der Waals surface area contributed by atoms with Crippen LogP contribution in [0.15, 0.2) is 53.5 Å². The molecule has 2 aromatic rings. The van der Waals surface area contributed by atoms with E-state index in [-0.39, 0.29) is 17.3 Å². The quantitative estimate of drug-likeness (QED) is 0.565. The van der Waals surface area contributed by atoms with Gasteiger partial charge in [-0.15, -0.1) is 0 Å². The number of nitrogens with zero attached hydrogens (tertiary/aromatic N) is 1. The molecule has 0 spiro atoms. The van der Waals surface area contributed by atoms with Crippen molar-refractivity contribution in [1.82, 2.24) is 0 Å². The van der Waals surface area contributed by atoms with E-state index < -0.39 is 42.2 Å². The number of alkyl halides is 6. The van der Waals surface area contributed by atoms with Gasteiger partial charge in [-0.05, 0) is 30.2 Å². The molecule has 3 nitrogen and oxygen atoms in total. The van der Waals surface area contributed by atoms with E-state index in [2.05, 4.69) is 4.99 Å². The summed E-state index contributed by atoms with van der Waals surface area (Å²) in [6.45, 7) is 0.904. The topological polar surface area (TPSA) is 52.8 Å². The van der Waals surface area contributed by atoms with Gasteiger partial charge in [0.05, 0.1) is 5.56 Å². The van der Waals surface area contributed by atoms with Crippen LogP contribution in [0.25, 0.3) is 0 Å². The lowest BCUT2D eigenvalue weighted by Gasteiger charge is -2.32. The zero-order valence-corrected chi connectivity index (χ0v) is 14.6. The Bertz CT molecular complexity index is 843. The van der Waals surface area contributed by atoms with E-state index in [9.17, 15) is 31.4 Å². The van der Waals surface area contributed by atoms with Gasteiger partial charge in [0.15, 0.2) is 5.60 Å². The van der Waals surface area contributed by atoms with E-state index in [1.54, 1.807) is 19.1 Å². The number of benzene rings is 2. The van der Waals surface area contributed by atoms with Gasteiger partial charge in [-0.1, -0.05) is 42.0 Å². The van der Waals surface area contributed by atoms with Crippen LogP contribution in [-0.4, -0.2) is 28.8 Å². The molecular formula is C19H17F6NO2. The van der Waals surface area contributed by atoms with Crippen LogP contribution in [0.3, 0.4) is 0 Å². The van der Waals surface area contributed by atoms with Gasteiger partial charge in [-0.25, -0.2) is 0 Å². The highest BCUT2D eigenvalue weighted by atomic mass is 19.4. The summed E-state index contributed by atoms with van der Waals surface area (Å²) in [5, 5.41) is 19.5. The second kappa shape index (κ2) is 7.92. The van der Waals surface area contributed by atoms with E-state index in [1.807, 2.05) is 0 Å². The SMILES string of the molecule is Cc1ccc(C(CC(O)(c2cccc(C(F)(F)F)c2)C(F)(F)F)=NCO)cc1. The smallest absolute Gasteiger partial charge is 0.376 e. The highest BCUT2D eigenvalue weighted by Gasteiger charge is 2.56. The van der Waals surface area contributed by atoms with Crippen LogP contribution in [0.5, 0.6) is 0 Å². The number of halogens is 6. The molecule has 9 heteroatoms. The monoisotopic (exact) mass is 405 g/mol. The molecule has 0 aliphatic rings. The maximum absolute atomic E-state index is 13.8. The highest BCUT2D eigenvalue weighted by Crippen LogP contribution is 2.44. The minimum absolute atomic E-state index is 0.203. The largest absolute Gasteiger partial charge is 0.421 e. The third-order valence-electron chi connectivity index (χ3n) is 4.21. The molecule has 0 heterocycles. The van der Waals surface area contributed by atoms with Crippen LogP contribution in [0.1, 0.15) is 28.7 Å². The van der Waals surface area contributed by atoms with Gasteiger partial charge >= 0.3 is 12.4 Å². The Hall–Kier alpha value is -2.39. The Kier molecular flexibility index (Phi) is 6.20. The lowest BCUT2D eigenvalue weighted by molar-refractivity contribution is -0.263. The van der Waals surface area contributed by atoms with E-state index in [0.717, 1.165) is 17.7 Å². The Morgan fingerprint density at radius 1 is 0.929 bits per heavy atom. The minimum atomic E-state index is -5.29. The third-order valence-corrected chi connectivity index (χ3v) is 4.21. The first-order chi connectivity index (χ1) is 12.9.